The van der Waals surface area contributed by atoms with Crippen LogP contribution in [0.5, 0.6) is 0 Å². The van der Waals surface area contributed by atoms with Gasteiger partial charge in [0.25, 0.3) is 0 Å². The van der Waals surface area contributed by atoms with Gasteiger partial charge >= 0.3 is 0 Å². The Kier molecular flexibility index (Phi) is 3.20. The van der Waals surface area contributed by atoms with E-state index in [1.807, 2.05) is 6.07 Å². The van der Waals surface area contributed by atoms with Crippen LogP contribution in [-0.4, -0.2) is 4.98 Å². The first-order valence-electron chi connectivity index (χ1n) is 4.63. The van der Waals surface area contributed by atoms with Crippen LogP contribution in [0, 0.1) is 0 Å². The summed E-state index contributed by atoms with van der Waals surface area (Å²) in [5.74, 6) is 0. The molecule has 2 aromatic rings. The molecular weight excluding hydrogens is 301 g/mol. The van der Waals surface area contributed by atoms with Gasteiger partial charge in [-0.1, -0.05) is 46.9 Å². The number of nitrogens with one attached hydrogen (secondary N) is 1. The van der Waals surface area contributed by atoms with Crippen molar-refractivity contribution in [3.05, 3.63) is 58.5 Å². The van der Waals surface area contributed by atoms with Gasteiger partial charge in [0.2, 0.25) is 5.56 Å². The molecule has 1 N–H and O–H groups in total. The van der Waals surface area contributed by atoms with E-state index in [-0.39, 0.29) is 5.56 Å². The van der Waals surface area contributed by atoms with E-state index in [4.69, 9.17) is 0 Å². The highest BCUT2D eigenvalue weighted by molar-refractivity contribution is 14.1. The predicted molar refractivity (Wildman–Crippen MR) is 70.2 cm³/mol. The standard InChI is InChI=1S/C12H10INO/c13-7-9-1-3-10(4-2-9)11-5-6-12(15)14-8-11/h1-6,8H,7H2,(H,14,15). The van der Waals surface area contributed by atoms with Crippen molar-refractivity contribution in [1.29, 1.82) is 0 Å². The van der Waals surface area contributed by atoms with Gasteiger partial charge in [-0.3, -0.25) is 4.79 Å². The van der Waals surface area contributed by atoms with Gasteiger partial charge in [0.15, 0.2) is 0 Å². The van der Waals surface area contributed by atoms with Crippen LogP contribution in [0.4, 0.5) is 0 Å². The Morgan fingerprint density at radius 1 is 1.00 bits per heavy atom. The summed E-state index contributed by atoms with van der Waals surface area (Å²) < 4.78 is 1.02. The molecule has 0 amide bonds. The minimum absolute atomic E-state index is 0.0670. The van der Waals surface area contributed by atoms with E-state index in [0.29, 0.717) is 0 Å². The highest BCUT2D eigenvalue weighted by Crippen LogP contribution is 2.18. The molecule has 0 saturated heterocycles. The summed E-state index contributed by atoms with van der Waals surface area (Å²) in [4.78, 5) is 13.6. The Hall–Kier alpha value is -1.10. The average molecular weight is 311 g/mol. The minimum Gasteiger partial charge on any atom is -0.328 e. The van der Waals surface area contributed by atoms with Crippen LogP contribution >= 0.6 is 22.6 Å². The molecule has 15 heavy (non-hydrogen) atoms. The number of benzene rings is 1. The Balaban J connectivity index is 2.37. The highest BCUT2D eigenvalue weighted by Gasteiger charge is 1.97. The molecule has 1 heterocycles. The van der Waals surface area contributed by atoms with Gasteiger partial charge in [-0.15, -0.1) is 0 Å². The summed E-state index contributed by atoms with van der Waals surface area (Å²) in [6.07, 6.45) is 1.74. The number of aromatic amines is 1. The second-order valence-corrected chi connectivity index (χ2v) is 4.03. The Morgan fingerprint density at radius 3 is 2.20 bits per heavy atom. The van der Waals surface area contributed by atoms with Crippen LogP contribution in [0.3, 0.4) is 0 Å². The van der Waals surface area contributed by atoms with Crippen molar-refractivity contribution in [3.8, 4) is 11.1 Å². The number of hydrogen-bond acceptors (Lipinski definition) is 1. The van der Waals surface area contributed by atoms with E-state index < -0.39 is 0 Å². The molecule has 0 saturated carbocycles. The maximum atomic E-state index is 10.9. The second kappa shape index (κ2) is 4.61. The maximum Gasteiger partial charge on any atom is 0.247 e. The normalized spacial score (nSPS) is 10.2. The first-order chi connectivity index (χ1) is 7.29. The summed E-state index contributed by atoms with van der Waals surface area (Å²) in [6.45, 7) is 0. The first-order valence-corrected chi connectivity index (χ1v) is 6.16. The smallest absolute Gasteiger partial charge is 0.247 e. The molecule has 2 rings (SSSR count). The van der Waals surface area contributed by atoms with Crippen LogP contribution in [0.2, 0.25) is 0 Å². The molecule has 0 unspecified atom stereocenters. The number of H-pyrrole nitrogens is 1. The van der Waals surface area contributed by atoms with Crippen LogP contribution < -0.4 is 5.56 Å². The molecule has 1 aromatic heterocycles. The van der Waals surface area contributed by atoms with Crippen molar-refractivity contribution in [2.75, 3.05) is 0 Å². The number of hydrogen-bond donors (Lipinski definition) is 1. The Labute approximate surface area is 101 Å². The molecule has 76 valence electrons. The fourth-order valence-electron chi connectivity index (χ4n) is 1.38. The third-order valence-electron chi connectivity index (χ3n) is 2.23. The number of halogens is 1. The average Bonchev–Trinajstić information content (AvgIpc) is 2.30. The third kappa shape index (κ3) is 2.47. The number of rotatable bonds is 2. The monoisotopic (exact) mass is 311 g/mol. The molecule has 0 aliphatic rings. The van der Waals surface area contributed by atoms with E-state index in [0.717, 1.165) is 15.6 Å². The van der Waals surface area contributed by atoms with Crippen LogP contribution in [0.25, 0.3) is 11.1 Å². The molecule has 0 bridgehead atoms. The summed E-state index contributed by atoms with van der Waals surface area (Å²) in [7, 11) is 0. The first kappa shape index (κ1) is 10.4. The molecule has 3 heteroatoms. The lowest BCUT2D eigenvalue weighted by atomic mass is 10.1. The number of alkyl halides is 1. The van der Waals surface area contributed by atoms with Gasteiger partial charge in [0.1, 0.15) is 0 Å². The minimum atomic E-state index is -0.0670. The molecule has 0 spiro atoms. The fraction of sp³-hybridized carbons (Fsp3) is 0.0833. The van der Waals surface area contributed by atoms with E-state index in [1.54, 1.807) is 12.3 Å². The zero-order chi connectivity index (χ0) is 10.7. The lowest BCUT2D eigenvalue weighted by molar-refractivity contribution is 1.24. The lowest BCUT2D eigenvalue weighted by Crippen LogP contribution is -2.01. The highest BCUT2D eigenvalue weighted by atomic mass is 127. The van der Waals surface area contributed by atoms with Crippen LogP contribution in [0.15, 0.2) is 47.4 Å². The lowest BCUT2D eigenvalue weighted by Gasteiger charge is -2.01. The fourth-order valence-corrected chi connectivity index (χ4v) is 1.88. The SMILES string of the molecule is O=c1ccc(-c2ccc(CI)cc2)c[nH]1. The van der Waals surface area contributed by atoms with Crippen molar-refractivity contribution in [3.63, 3.8) is 0 Å². The zero-order valence-electron chi connectivity index (χ0n) is 8.03. The van der Waals surface area contributed by atoms with Gasteiger partial charge in [-0.25, -0.2) is 0 Å². The zero-order valence-corrected chi connectivity index (χ0v) is 10.2. The van der Waals surface area contributed by atoms with Gasteiger partial charge in [-0.2, -0.15) is 0 Å². The molecule has 0 aliphatic heterocycles. The van der Waals surface area contributed by atoms with Crippen molar-refractivity contribution < 1.29 is 0 Å². The van der Waals surface area contributed by atoms with E-state index in [2.05, 4.69) is 51.8 Å². The quantitative estimate of drug-likeness (QED) is 0.671. The van der Waals surface area contributed by atoms with Crippen LogP contribution in [0.1, 0.15) is 5.56 Å². The number of pyridine rings is 1. The molecule has 0 atom stereocenters. The largest absolute Gasteiger partial charge is 0.328 e. The Morgan fingerprint density at radius 2 is 1.67 bits per heavy atom. The molecule has 0 aliphatic carbocycles. The van der Waals surface area contributed by atoms with Gasteiger partial charge in [0.05, 0.1) is 0 Å². The van der Waals surface area contributed by atoms with Gasteiger partial charge in [0, 0.05) is 16.7 Å². The van der Waals surface area contributed by atoms with E-state index >= 15 is 0 Å². The van der Waals surface area contributed by atoms with Crippen molar-refractivity contribution in [1.82, 2.24) is 4.98 Å². The van der Waals surface area contributed by atoms with E-state index in [1.165, 1.54) is 5.56 Å². The van der Waals surface area contributed by atoms with Crippen molar-refractivity contribution in [2.24, 2.45) is 0 Å². The van der Waals surface area contributed by atoms with Crippen molar-refractivity contribution >= 4 is 22.6 Å². The summed E-state index contributed by atoms with van der Waals surface area (Å²) in [6, 6.07) is 11.7. The van der Waals surface area contributed by atoms with E-state index in [9.17, 15) is 4.79 Å². The van der Waals surface area contributed by atoms with Crippen molar-refractivity contribution in [2.45, 2.75) is 4.43 Å². The summed E-state index contributed by atoms with van der Waals surface area (Å²) in [5, 5.41) is 0. The second-order valence-electron chi connectivity index (χ2n) is 3.27. The topological polar surface area (TPSA) is 32.9 Å². The predicted octanol–water partition coefficient (Wildman–Crippen LogP) is 2.98. The summed E-state index contributed by atoms with van der Waals surface area (Å²) >= 11 is 2.34. The molecule has 1 aromatic carbocycles. The molecule has 2 nitrogen and oxygen atoms in total. The van der Waals surface area contributed by atoms with Gasteiger partial charge in [-0.05, 0) is 22.8 Å². The van der Waals surface area contributed by atoms with Gasteiger partial charge < -0.3 is 4.98 Å². The molecule has 0 radical (unpaired) electrons. The van der Waals surface area contributed by atoms with Crippen LogP contribution in [-0.2, 0) is 4.43 Å². The summed E-state index contributed by atoms with van der Waals surface area (Å²) in [5.41, 5.74) is 3.40. The third-order valence-corrected chi connectivity index (χ3v) is 3.11. The Bertz CT molecular complexity index is 481. The maximum absolute atomic E-state index is 10.9. The molecular formula is C12H10INO. The molecule has 0 fully saturated rings. The number of aromatic nitrogens is 1.